The summed E-state index contributed by atoms with van der Waals surface area (Å²) in [6, 6.07) is 3.50. The lowest BCUT2D eigenvalue weighted by Gasteiger charge is -2.06. The number of unbranched alkanes of at least 4 members (excludes halogenated alkanes) is 1. The van der Waals surface area contributed by atoms with Crippen LogP contribution in [0.15, 0.2) is 36.9 Å². The molecule has 2 aromatic rings. The van der Waals surface area contributed by atoms with Crippen molar-refractivity contribution in [3.05, 3.63) is 53.9 Å². The van der Waals surface area contributed by atoms with Gasteiger partial charge in [-0.3, -0.25) is 30.4 Å². The maximum absolute atomic E-state index is 11.9. The smallest absolute Gasteiger partial charge is 0.266 e. The third-order valence-electron chi connectivity index (χ3n) is 2.96. The molecule has 0 aliphatic carbocycles. The molecule has 2 rings (SSSR count). The fraction of sp³-hybridized carbons (Fsp3) is 0.267. The van der Waals surface area contributed by atoms with Crippen molar-refractivity contribution in [1.29, 1.82) is 0 Å². The van der Waals surface area contributed by atoms with E-state index in [4.69, 9.17) is 0 Å². The van der Waals surface area contributed by atoms with Crippen molar-refractivity contribution in [3.63, 3.8) is 0 Å². The number of nitrogens with one attached hydrogen (secondary N) is 2. The van der Waals surface area contributed by atoms with E-state index >= 15 is 0 Å². The molecule has 2 N–H and O–H groups in total. The number of hydrazine groups is 1. The molecule has 0 bridgehead atoms. The van der Waals surface area contributed by atoms with Crippen LogP contribution < -0.4 is 10.9 Å². The van der Waals surface area contributed by atoms with Crippen LogP contribution in [0.25, 0.3) is 0 Å². The van der Waals surface area contributed by atoms with Gasteiger partial charge in [-0.05, 0) is 24.5 Å². The van der Waals surface area contributed by atoms with E-state index < -0.39 is 11.8 Å². The van der Waals surface area contributed by atoms with Crippen LogP contribution in [0.3, 0.4) is 0 Å². The maximum atomic E-state index is 11.9. The zero-order chi connectivity index (χ0) is 15.8. The summed E-state index contributed by atoms with van der Waals surface area (Å²) in [5.41, 5.74) is 5.99. The van der Waals surface area contributed by atoms with Gasteiger partial charge >= 0.3 is 0 Å². The van der Waals surface area contributed by atoms with E-state index in [1.165, 1.54) is 18.6 Å². The van der Waals surface area contributed by atoms with Crippen LogP contribution in [-0.4, -0.2) is 26.8 Å². The second-order valence-electron chi connectivity index (χ2n) is 4.65. The summed E-state index contributed by atoms with van der Waals surface area (Å²) in [7, 11) is 0. The molecule has 2 amide bonds. The predicted molar refractivity (Wildman–Crippen MR) is 79.8 cm³/mol. The molecule has 7 nitrogen and oxygen atoms in total. The average molecular weight is 299 g/mol. The Balaban J connectivity index is 1.88. The summed E-state index contributed by atoms with van der Waals surface area (Å²) in [4.78, 5) is 35.3. The zero-order valence-corrected chi connectivity index (χ0v) is 12.2. The van der Waals surface area contributed by atoms with Gasteiger partial charge in [-0.25, -0.2) is 4.98 Å². The predicted octanol–water partition coefficient (Wildman–Crippen LogP) is 1.29. The number of hydrogen-bond donors (Lipinski definition) is 2. The largest absolute Gasteiger partial charge is 0.289 e. The van der Waals surface area contributed by atoms with Crippen LogP contribution in [0.2, 0.25) is 0 Å². The molecule has 0 aliphatic rings. The average Bonchev–Trinajstić information content (AvgIpc) is 2.58. The molecule has 7 heteroatoms. The van der Waals surface area contributed by atoms with E-state index in [1.807, 2.05) is 6.07 Å². The summed E-state index contributed by atoms with van der Waals surface area (Å²) >= 11 is 0. The Kier molecular flexibility index (Phi) is 5.53. The Morgan fingerprint density at radius 1 is 1.00 bits per heavy atom. The van der Waals surface area contributed by atoms with Crippen molar-refractivity contribution >= 4 is 11.8 Å². The molecule has 2 heterocycles. The van der Waals surface area contributed by atoms with Gasteiger partial charge in [0.05, 0.1) is 6.20 Å². The number of pyridine rings is 1. The lowest BCUT2D eigenvalue weighted by molar-refractivity contribution is 0.0841. The molecule has 0 saturated heterocycles. The fourth-order valence-electron chi connectivity index (χ4n) is 1.75. The van der Waals surface area contributed by atoms with E-state index in [0.29, 0.717) is 0 Å². The monoisotopic (exact) mass is 299 g/mol. The van der Waals surface area contributed by atoms with Crippen molar-refractivity contribution in [2.45, 2.75) is 26.2 Å². The molecular weight excluding hydrogens is 282 g/mol. The molecule has 0 atom stereocenters. The summed E-state index contributed by atoms with van der Waals surface area (Å²) < 4.78 is 0. The van der Waals surface area contributed by atoms with E-state index in [0.717, 1.165) is 24.8 Å². The van der Waals surface area contributed by atoms with Crippen molar-refractivity contribution in [2.75, 3.05) is 0 Å². The second-order valence-corrected chi connectivity index (χ2v) is 4.65. The number of carbonyl (C=O) groups excluding carboxylic acids is 2. The van der Waals surface area contributed by atoms with E-state index in [2.05, 4.69) is 32.7 Å². The second kappa shape index (κ2) is 7.82. The molecule has 0 fully saturated rings. The van der Waals surface area contributed by atoms with E-state index in [1.54, 1.807) is 12.3 Å². The lowest BCUT2D eigenvalue weighted by atomic mass is 10.1. The molecule has 0 aliphatic heterocycles. The lowest BCUT2D eigenvalue weighted by Crippen LogP contribution is -2.42. The van der Waals surface area contributed by atoms with Gasteiger partial charge in [0.2, 0.25) is 0 Å². The first kappa shape index (κ1) is 15.6. The number of nitrogens with zero attached hydrogens (tertiary/aromatic N) is 3. The van der Waals surface area contributed by atoms with Crippen molar-refractivity contribution in [2.24, 2.45) is 0 Å². The number of aromatic nitrogens is 3. The first-order chi connectivity index (χ1) is 10.7. The minimum absolute atomic E-state index is 0.116. The first-order valence-corrected chi connectivity index (χ1v) is 7.02. The van der Waals surface area contributed by atoms with Gasteiger partial charge in [-0.1, -0.05) is 19.4 Å². The molecule has 0 unspecified atom stereocenters. The van der Waals surface area contributed by atoms with Gasteiger partial charge in [0, 0.05) is 18.6 Å². The number of aryl methyl sites for hydroxylation is 1. The molecule has 114 valence electrons. The number of carbonyl (C=O) groups is 2. The highest BCUT2D eigenvalue weighted by molar-refractivity contribution is 5.97. The van der Waals surface area contributed by atoms with Crippen LogP contribution in [0.1, 0.15) is 46.3 Å². The molecular formula is C15H17N5O2. The topological polar surface area (TPSA) is 96.9 Å². The van der Waals surface area contributed by atoms with Gasteiger partial charge in [-0.15, -0.1) is 0 Å². The SMILES string of the molecule is CCCCc1ccc(C(=O)NNC(=O)c2cnccn2)nc1. The Bertz CT molecular complexity index is 628. The maximum Gasteiger partial charge on any atom is 0.289 e. The fourth-order valence-corrected chi connectivity index (χ4v) is 1.75. The minimum atomic E-state index is -0.541. The van der Waals surface area contributed by atoms with Gasteiger partial charge in [-0.2, -0.15) is 0 Å². The summed E-state index contributed by atoms with van der Waals surface area (Å²) in [5.74, 6) is -1.03. The highest BCUT2D eigenvalue weighted by Gasteiger charge is 2.10. The highest BCUT2D eigenvalue weighted by atomic mass is 16.2. The third kappa shape index (κ3) is 4.34. The summed E-state index contributed by atoms with van der Waals surface area (Å²) in [6.07, 6.45) is 8.97. The number of hydrogen-bond acceptors (Lipinski definition) is 5. The van der Waals surface area contributed by atoms with Gasteiger partial charge in [0.1, 0.15) is 11.4 Å². The molecule has 0 radical (unpaired) electrons. The quantitative estimate of drug-likeness (QED) is 0.811. The normalized spacial score (nSPS) is 10.0. The Morgan fingerprint density at radius 2 is 1.77 bits per heavy atom. The number of rotatable bonds is 5. The Morgan fingerprint density at radius 3 is 2.36 bits per heavy atom. The molecule has 2 aromatic heterocycles. The number of amides is 2. The molecule has 0 spiro atoms. The molecule has 22 heavy (non-hydrogen) atoms. The summed E-state index contributed by atoms with van der Waals surface area (Å²) in [6.45, 7) is 2.12. The van der Waals surface area contributed by atoms with E-state index in [9.17, 15) is 9.59 Å². The van der Waals surface area contributed by atoms with Crippen LogP contribution in [0.5, 0.6) is 0 Å². The van der Waals surface area contributed by atoms with Crippen molar-refractivity contribution in [3.8, 4) is 0 Å². The Labute approximate surface area is 128 Å². The van der Waals surface area contributed by atoms with Crippen molar-refractivity contribution < 1.29 is 9.59 Å². The van der Waals surface area contributed by atoms with Crippen LogP contribution in [0, 0.1) is 0 Å². The zero-order valence-electron chi connectivity index (χ0n) is 12.2. The van der Waals surface area contributed by atoms with Crippen molar-refractivity contribution in [1.82, 2.24) is 25.8 Å². The minimum Gasteiger partial charge on any atom is -0.266 e. The first-order valence-electron chi connectivity index (χ1n) is 7.02. The van der Waals surface area contributed by atoms with Crippen LogP contribution in [0.4, 0.5) is 0 Å². The van der Waals surface area contributed by atoms with Gasteiger partial charge < -0.3 is 0 Å². The van der Waals surface area contributed by atoms with Crippen LogP contribution >= 0.6 is 0 Å². The summed E-state index contributed by atoms with van der Waals surface area (Å²) in [5, 5.41) is 0. The third-order valence-corrected chi connectivity index (χ3v) is 2.96. The van der Waals surface area contributed by atoms with Crippen LogP contribution in [-0.2, 0) is 6.42 Å². The molecule has 0 aromatic carbocycles. The molecule has 0 saturated carbocycles. The van der Waals surface area contributed by atoms with Gasteiger partial charge in [0.25, 0.3) is 11.8 Å². The van der Waals surface area contributed by atoms with E-state index in [-0.39, 0.29) is 11.4 Å². The van der Waals surface area contributed by atoms with Gasteiger partial charge in [0.15, 0.2) is 0 Å². The standard InChI is InChI=1S/C15H17N5O2/c1-2-3-4-11-5-6-12(18-9-11)14(21)19-20-15(22)13-10-16-7-8-17-13/h5-10H,2-4H2,1H3,(H,19,21)(H,20,22). The Hall–Kier alpha value is -2.83. The highest BCUT2D eigenvalue weighted by Crippen LogP contribution is 2.04.